The molecule has 3 amide bonds. The second kappa shape index (κ2) is 26.0. The molecule has 372 valence electrons. The molecule has 7 N–H and O–H groups in total. The van der Waals surface area contributed by atoms with Gasteiger partial charge in [0.1, 0.15) is 11.6 Å². The Kier molecular flexibility index (Phi) is 21.1. The average molecular weight is 1000 g/mol. The van der Waals surface area contributed by atoms with Gasteiger partial charge in [0, 0.05) is 69.8 Å². The standard InChI is InChI=1S/C28H43ClN4O3S.C23H35ClN4OS/c1-27(2,3)36-26(35)32-23(18-20-10-12-22(29)13-11-20)24(34)33-16-14-28(15-17-33,19-31-25(37)30-4)21-8-6-5-7-9-21;1-26-22(30)27-16-23(18-5-3-2-4-6-18)11-13-28(14-12-23)21(29)20(25)15-17-7-9-19(24)10-8-17/h10-13,21,23H,5-9,14-19H2,1-4H3,(H,32,35)(H2,30,31,37);7-10,18,20H,2-6,11-16,25H2,1H3,(H2,26,27,30)/t23-;20-/m11/s1. The van der Waals surface area contributed by atoms with Crippen molar-refractivity contribution in [1.29, 1.82) is 0 Å². The molecule has 0 spiro atoms. The summed E-state index contributed by atoms with van der Waals surface area (Å²) >= 11 is 22.7. The first-order chi connectivity index (χ1) is 31.9. The normalized spacial score (nSPS) is 19.6. The largest absolute Gasteiger partial charge is 0.444 e. The quantitative estimate of drug-likeness (QED) is 0.107. The molecule has 0 aromatic heterocycles. The van der Waals surface area contributed by atoms with Gasteiger partial charge in [0.25, 0.3) is 0 Å². The summed E-state index contributed by atoms with van der Waals surface area (Å²) in [5.74, 6) is 1.33. The van der Waals surface area contributed by atoms with E-state index in [1.165, 1.54) is 64.2 Å². The van der Waals surface area contributed by atoms with E-state index >= 15 is 0 Å². The van der Waals surface area contributed by atoms with E-state index in [2.05, 4.69) is 26.6 Å². The highest BCUT2D eigenvalue weighted by Crippen LogP contribution is 2.47. The number of nitrogens with zero attached hydrogens (tertiary/aromatic N) is 2. The Labute approximate surface area is 421 Å². The fourth-order valence-electron chi connectivity index (χ4n) is 10.8. The molecule has 2 saturated heterocycles. The highest BCUT2D eigenvalue weighted by Gasteiger charge is 2.45. The number of benzene rings is 2. The van der Waals surface area contributed by atoms with Crippen LogP contribution in [0, 0.1) is 22.7 Å². The summed E-state index contributed by atoms with van der Waals surface area (Å²) in [4.78, 5) is 43.3. The van der Waals surface area contributed by atoms with E-state index in [-0.39, 0.29) is 22.6 Å². The maximum absolute atomic E-state index is 13.8. The number of hydrogen-bond donors (Lipinski definition) is 6. The molecule has 0 radical (unpaired) electrons. The van der Waals surface area contributed by atoms with Gasteiger partial charge in [-0.25, -0.2) is 4.79 Å². The van der Waals surface area contributed by atoms with Crippen molar-refractivity contribution in [1.82, 2.24) is 36.4 Å². The van der Waals surface area contributed by atoms with Gasteiger partial charge in [-0.15, -0.1) is 0 Å². The lowest BCUT2D eigenvalue weighted by molar-refractivity contribution is -0.137. The van der Waals surface area contributed by atoms with E-state index < -0.39 is 23.8 Å². The molecule has 0 unspecified atom stereocenters. The molecule has 6 rings (SSSR count). The smallest absolute Gasteiger partial charge is 0.408 e. The van der Waals surface area contributed by atoms with Gasteiger partial charge in [0.2, 0.25) is 11.8 Å². The average Bonchev–Trinajstić information content (AvgIpc) is 3.33. The van der Waals surface area contributed by atoms with Crippen LogP contribution < -0.4 is 32.3 Å². The van der Waals surface area contributed by atoms with Crippen molar-refractivity contribution in [3.05, 3.63) is 69.7 Å². The molecule has 2 saturated carbocycles. The SMILES string of the molecule is CNC(=S)NCC1(C2CCCCC2)CCN(C(=O)[C@@H](Cc2ccc(Cl)cc2)NC(=O)OC(C)(C)C)CC1.CNC(=S)NCC1(C2CCCCC2)CCN(C(=O)[C@H](N)Cc2ccc(Cl)cc2)CC1. The molecule has 4 aliphatic rings. The molecule has 2 aromatic carbocycles. The maximum Gasteiger partial charge on any atom is 0.408 e. The number of nitrogens with two attached hydrogens (primary N) is 1. The van der Waals surface area contributed by atoms with Gasteiger partial charge in [-0.05, 0) is 161 Å². The van der Waals surface area contributed by atoms with Crippen LogP contribution in [0.15, 0.2) is 48.5 Å². The van der Waals surface area contributed by atoms with Gasteiger partial charge in [0.15, 0.2) is 10.2 Å². The number of amides is 3. The molecule has 4 fully saturated rings. The van der Waals surface area contributed by atoms with E-state index in [1.807, 2.05) is 81.1 Å². The third-order valence-electron chi connectivity index (χ3n) is 14.8. The molecule has 2 atom stereocenters. The summed E-state index contributed by atoms with van der Waals surface area (Å²) in [5.41, 5.74) is 7.92. The molecular formula is C51H78Cl2N8O4S2. The summed E-state index contributed by atoms with van der Waals surface area (Å²) in [6.07, 6.45) is 17.1. The number of ether oxygens (including phenoxy) is 1. The van der Waals surface area contributed by atoms with Gasteiger partial charge >= 0.3 is 6.09 Å². The summed E-state index contributed by atoms with van der Waals surface area (Å²) in [6.45, 7) is 10.0. The van der Waals surface area contributed by atoms with Crippen LogP contribution in [-0.4, -0.2) is 109 Å². The highest BCUT2D eigenvalue weighted by molar-refractivity contribution is 7.80. The van der Waals surface area contributed by atoms with Crippen LogP contribution in [0.3, 0.4) is 0 Å². The van der Waals surface area contributed by atoms with Crippen molar-refractivity contribution < 1.29 is 19.1 Å². The molecule has 0 bridgehead atoms. The third kappa shape index (κ3) is 16.6. The predicted molar refractivity (Wildman–Crippen MR) is 280 cm³/mol. The van der Waals surface area contributed by atoms with Crippen molar-refractivity contribution in [2.24, 2.45) is 28.4 Å². The summed E-state index contributed by atoms with van der Waals surface area (Å²) < 4.78 is 5.47. The Morgan fingerprint density at radius 3 is 1.45 bits per heavy atom. The number of likely N-dealkylation sites (tertiary alicyclic amines) is 2. The van der Waals surface area contributed by atoms with Gasteiger partial charge < -0.3 is 46.9 Å². The first kappa shape index (κ1) is 54.5. The van der Waals surface area contributed by atoms with E-state index in [0.717, 1.165) is 63.0 Å². The Morgan fingerprint density at radius 2 is 1.06 bits per heavy atom. The first-order valence-corrected chi connectivity index (χ1v) is 26.2. The van der Waals surface area contributed by atoms with E-state index in [9.17, 15) is 14.4 Å². The second-order valence-electron chi connectivity index (χ2n) is 20.4. The van der Waals surface area contributed by atoms with Crippen molar-refractivity contribution in [3.8, 4) is 0 Å². The zero-order valence-electron chi connectivity index (χ0n) is 40.7. The van der Waals surface area contributed by atoms with Gasteiger partial charge in [0.05, 0.1) is 6.04 Å². The molecule has 2 aliphatic heterocycles. The minimum atomic E-state index is -0.715. The Balaban J connectivity index is 0.000000256. The van der Waals surface area contributed by atoms with Crippen LogP contribution in [0.4, 0.5) is 4.79 Å². The zero-order chi connectivity index (χ0) is 48.6. The minimum Gasteiger partial charge on any atom is -0.444 e. The van der Waals surface area contributed by atoms with Crippen LogP contribution in [0.2, 0.25) is 10.0 Å². The van der Waals surface area contributed by atoms with E-state index in [4.69, 9.17) is 58.1 Å². The Morgan fingerprint density at radius 1 is 0.672 bits per heavy atom. The first-order valence-electron chi connectivity index (χ1n) is 24.7. The van der Waals surface area contributed by atoms with Crippen LogP contribution in [0.5, 0.6) is 0 Å². The lowest BCUT2D eigenvalue weighted by Crippen LogP contribution is -2.56. The maximum atomic E-state index is 13.8. The monoisotopic (exact) mass is 1000 g/mol. The number of thiocarbonyl (C=S) groups is 2. The number of nitrogens with one attached hydrogen (secondary N) is 5. The fraction of sp³-hybridized carbons (Fsp3) is 0.667. The number of piperidine rings is 2. The van der Waals surface area contributed by atoms with Gasteiger partial charge in [-0.3, -0.25) is 9.59 Å². The number of carbonyl (C=O) groups excluding carboxylic acids is 3. The number of rotatable bonds is 13. The number of alkyl carbamates (subject to hydrolysis) is 1. The van der Waals surface area contributed by atoms with Crippen LogP contribution in [-0.2, 0) is 27.2 Å². The second-order valence-corrected chi connectivity index (χ2v) is 22.1. The minimum absolute atomic E-state index is 0.0564. The number of hydrogen-bond acceptors (Lipinski definition) is 7. The van der Waals surface area contributed by atoms with Gasteiger partial charge in [-0.1, -0.05) is 86.0 Å². The van der Waals surface area contributed by atoms with Crippen LogP contribution in [0.25, 0.3) is 0 Å². The molecule has 2 aromatic rings. The molecule has 2 aliphatic carbocycles. The lowest BCUT2D eigenvalue weighted by atomic mass is 9.63. The molecule has 12 nitrogen and oxygen atoms in total. The van der Waals surface area contributed by atoms with Crippen molar-refractivity contribution in [3.63, 3.8) is 0 Å². The zero-order valence-corrected chi connectivity index (χ0v) is 43.8. The van der Waals surface area contributed by atoms with Crippen LogP contribution >= 0.6 is 47.6 Å². The molecule has 67 heavy (non-hydrogen) atoms. The van der Waals surface area contributed by atoms with Crippen molar-refractivity contribution in [2.75, 3.05) is 53.4 Å². The van der Waals surface area contributed by atoms with Crippen LogP contribution in [0.1, 0.15) is 122 Å². The predicted octanol–water partition coefficient (Wildman–Crippen LogP) is 8.55. The summed E-state index contributed by atoms with van der Waals surface area (Å²) in [7, 11) is 3.69. The van der Waals surface area contributed by atoms with E-state index in [1.54, 1.807) is 12.1 Å². The van der Waals surface area contributed by atoms with Crippen molar-refractivity contribution >= 4 is 75.8 Å². The fourth-order valence-corrected chi connectivity index (χ4v) is 11.2. The Hall–Kier alpha value is -3.43. The summed E-state index contributed by atoms with van der Waals surface area (Å²) in [6, 6.07) is 13.7. The topological polar surface area (TPSA) is 153 Å². The molecular weight excluding hydrogens is 924 g/mol. The van der Waals surface area contributed by atoms with Gasteiger partial charge in [-0.2, -0.15) is 0 Å². The Bertz CT molecular complexity index is 1910. The summed E-state index contributed by atoms with van der Waals surface area (Å²) in [5, 5.41) is 18.4. The number of carbonyl (C=O) groups is 3. The molecule has 16 heteroatoms. The van der Waals surface area contributed by atoms with E-state index in [0.29, 0.717) is 58.0 Å². The lowest BCUT2D eigenvalue weighted by Gasteiger charge is -2.48. The third-order valence-corrected chi connectivity index (χ3v) is 16.0. The number of halogens is 2. The van der Waals surface area contributed by atoms with Crippen molar-refractivity contribution in [2.45, 2.75) is 141 Å². The molecule has 2 heterocycles. The highest BCUT2D eigenvalue weighted by atomic mass is 35.5.